The molecule has 1 unspecified atom stereocenters. The predicted octanol–water partition coefficient (Wildman–Crippen LogP) is 1.42. The Morgan fingerprint density at radius 2 is 1.95 bits per heavy atom. The van der Waals surface area contributed by atoms with E-state index in [1.807, 2.05) is 33.0 Å². The highest BCUT2D eigenvalue weighted by Gasteiger charge is 2.22. The van der Waals surface area contributed by atoms with Crippen LogP contribution in [0.15, 0.2) is 29.2 Å². The molecule has 2 rings (SSSR count). The van der Waals surface area contributed by atoms with Gasteiger partial charge in [0, 0.05) is 24.8 Å². The predicted molar refractivity (Wildman–Crippen MR) is 86.1 cm³/mol. The fraction of sp³-hybridized carbons (Fsp3) is 0.600. The van der Waals surface area contributed by atoms with Gasteiger partial charge in [-0.3, -0.25) is 0 Å². The Bertz CT molecular complexity index is 555. The molecular formula is C15H25N3O2S. The van der Waals surface area contributed by atoms with Crippen LogP contribution in [0.4, 0.5) is 5.69 Å². The molecule has 1 aromatic rings. The molecule has 6 heteroatoms. The van der Waals surface area contributed by atoms with E-state index in [1.54, 1.807) is 12.1 Å². The maximum atomic E-state index is 12.1. The van der Waals surface area contributed by atoms with Gasteiger partial charge >= 0.3 is 0 Å². The number of hydrogen-bond donors (Lipinski definition) is 2. The SMILES string of the molecule is CNCC1CCN(c2ccc(S(=O)(=O)NC(C)C)cc2)C1. The molecule has 0 radical (unpaired) electrons. The van der Waals surface area contributed by atoms with E-state index in [9.17, 15) is 8.42 Å². The van der Waals surface area contributed by atoms with Crippen LogP contribution in [0.5, 0.6) is 0 Å². The van der Waals surface area contributed by atoms with Gasteiger partial charge in [-0.2, -0.15) is 0 Å². The van der Waals surface area contributed by atoms with E-state index in [1.165, 1.54) is 6.42 Å². The van der Waals surface area contributed by atoms with Crippen LogP contribution in [0, 0.1) is 5.92 Å². The van der Waals surface area contributed by atoms with Crippen LogP contribution in [-0.2, 0) is 10.0 Å². The van der Waals surface area contributed by atoms with E-state index in [2.05, 4.69) is 14.9 Å². The second-order valence-electron chi connectivity index (χ2n) is 5.93. The smallest absolute Gasteiger partial charge is 0.240 e. The van der Waals surface area contributed by atoms with Gasteiger partial charge in [-0.15, -0.1) is 0 Å². The molecule has 2 N–H and O–H groups in total. The van der Waals surface area contributed by atoms with Gasteiger partial charge in [0.05, 0.1) is 4.90 Å². The van der Waals surface area contributed by atoms with Crippen LogP contribution in [0.1, 0.15) is 20.3 Å². The zero-order valence-corrected chi connectivity index (χ0v) is 13.8. The Morgan fingerprint density at radius 1 is 1.29 bits per heavy atom. The van der Waals surface area contributed by atoms with Gasteiger partial charge in [-0.1, -0.05) is 0 Å². The molecule has 0 bridgehead atoms. The molecule has 1 atom stereocenters. The highest BCUT2D eigenvalue weighted by Crippen LogP contribution is 2.24. The van der Waals surface area contributed by atoms with Crippen molar-refractivity contribution in [3.05, 3.63) is 24.3 Å². The quantitative estimate of drug-likeness (QED) is 0.834. The highest BCUT2D eigenvalue weighted by molar-refractivity contribution is 7.89. The Labute approximate surface area is 127 Å². The van der Waals surface area contributed by atoms with Gasteiger partial charge < -0.3 is 10.2 Å². The summed E-state index contributed by atoms with van der Waals surface area (Å²) >= 11 is 0. The summed E-state index contributed by atoms with van der Waals surface area (Å²) in [5.74, 6) is 0.668. The maximum absolute atomic E-state index is 12.1. The number of anilines is 1. The third-order valence-corrected chi connectivity index (χ3v) is 5.36. The van der Waals surface area contributed by atoms with E-state index in [-0.39, 0.29) is 6.04 Å². The van der Waals surface area contributed by atoms with Crippen molar-refractivity contribution in [2.24, 2.45) is 5.92 Å². The second kappa shape index (κ2) is 6.77. The first-order valence-corrected chi connectivity index (χ1v) is 8.92. The Morgan fingerprint density at radius 3 is 2.52 bits per heavy atom. The summed E-state index contributed by atoms with van der Waals surface area (Å²) in [4.78, 5) is 2.64. The first-order chi connectivity index (χ1) is 9.92. The Hall–Kier alpha value is -1.11. The summed E-state index contributed by atoms with van der Waals surface area (Å²) in [6.45, 7) is 6.72. The molecule has 5 nitrogen and oxygen atoms in total. The van der Waals surface area contributed by atoms with Gasteiger partial charge in [-0.25, -0.2) is 13.1 Å². The zero-order chi connectivity index (χ0) is 15.5. The molecular weight excluding hydrogens is 286 g/mol. The summed E-state index contributed by atoms with van der Waals surface area (Å²) < 4.78 is 26.8. The van der Waals surface area contributed by atoms with Crippen molar-refractivity contribution in [1.82, 2.24) is 10.0 Å². The molecule has 1 saturated heterocycles. The lowest BCUT2D eigenvalue weighted by molar-refractivity contribution is 0.549. The van der Waals surface area contributed by atoms with Crippen molar-refractivity contribution >= 4 is 15.7 Å². The molecule has 118 valence electrons. The average Bonchev–Trinajstić information content (AvgIpc) is 2.86. The van der Waals surface area contributed by atoms with Gasteiger partial charge in [0.2, 0.25) is 10.0 Å². The number of hydrogen-bond acceptors (Lipinski definition) is 4. The van der Waals surface area contributed by atoms with Crippen LogP contribution in [-0.4, -0.2) is 41.1 Å². The minimum absolute atomic E-state index is 0.101. The van der Waals surface area contributed by atoms with Gasteiger partial charge in [0.15, 0.2) is 0 Å². The van der Waals surface area contributed by atoms with Crippen molar-refractivity contribution in [1.29, 1.82) is 0 Å². The van der Waals surface area contributed by atoms with Crippen LogP contribution in [0.2, 0.25) is 0 Å². The molecule has 1 aliphatic heterocycles. The number of nitrogens with one attached hydrogen (secondary N) is 2. The Balaban J connectivity index is 2.06. The fourth-order valence-corrected chi connectivity index (χ4v) is 3.99. The van der Waals surface area contributed by atoms with Gasteiger partial charge in [-0.05, 0) is 64.0 Å². The van der Waals surface area contributed by atoms with Crippen LogP contribution in [0.3, 0.4) is 0 Å². The summed E-state index contributed by atoms with van der Waals surface area (Å²) in [5.41, 5.74) is 1.09. The first kappa shape index (κ1) is 16.3. The molecule has 1 heterocycles. The summed E-state index contributed by atoms with van der Waals surface area (Å²) in [6.07, 6.45) is 1.18. The minimum atomic E-state index is -3.40. The largest absolute Gasteiger partial charge is 0.371 e. The summed E-state index contributed by atoms with van der Waals surface area (Å²) in [5, 5.41) is 3.21. The van der Waals surface area contributed by atoms with Crippen molar-refractivity contribution in [3.8, 4) is 0 Å². The molecule has 0 spiro atoms. The minimum Gasteiger partial charge on any atom is -0.371 e. The third-order valence-electron chi connectivity index (χ3n) is 3.68. The van der Waals surface area contributed by atoms with E-state index in [0.29, 0.717) is 10.8 Å². The number of benzene rings is 1. The van der Waals surface area contributed by atoms with E-state index >= 15 is 0 Å². The first-order valence-electron chi connectivity index (χ1n) is 7.44. The van der Waals surface area contributed by atoms with E-state index in [0.717, 1.165) is 25.3 Å². The standard InChI is InChI=1S/C15H25N3O2S/c1-12(2)17-21(19,20)15-6-4-14(5-7-15)18-9-8-13(11-18)10-16-3/h4-7,12-13,16-17H,8-11H2,1-3H3. The van der Waals surface area contributed by atoms with Crippen molar-refractivity contribution in [2.75, 3.05) is 31.6 Å². The van der Waals surface area contributed by atoms with Crippen LogP contribution >= 0.6 is 0 Å². The molecule has 0 amide bonds. The number of nitrogens with zero attached hydrogens (tertiary/aromatic N) is 1. The van der Waals surface area contributed by atoms with Crippen molar-refractivity contribution in [2.45, 2.75) is 31.2 Å². The molecule has 21 heavy (non-hydrogen) atoms. The average molecular weight is 311 g/mol. The molecule has 0 saturated carbocycles. The van der Waals surface area contributed by atoms with Crippen LogP contribution in [0.25, 0.3) is 0 Å². The summed E-state index contributed by atoms with van der Waals surface area (Å²) in [6, 6.07) is 7.07. The normalized spacial score (nSPS) is 19.4. The van der Waals surface area contributed by atoms with E-state index < -0.39 is 10.0 Å². The summed E-state index contributed by atoms with van der Waals surface area (Å²) in [7, 11) is -1.42. The lowest BCUT2D eigenvalue weighted by Gasteiger charge is -2.19. The lowest BCUT2D eigenvalue weighted by atomic mass is 10.1. The molecule has 0 aliphatic carbocycles. The van der Waals surface area contributed by atoms with Crippen molar-refractivity contribution < 1.29 is 8.42 Å². The fourth-order valence-electron chi connectivity index (χ4n) is 2.74. The van der Waals surface area contributed by atoms with Crippen molar-refractivity contribution in [3.63, 3.8) is 0 Å². The number of rotatable bonds is 6. The second-order valence-corrected chi connectivity index (χ2v) is 7.64. The molecule has 1 aromatic carbocycles. The van der Waals surface area contributed by atoms with Gasteiger partial charge in [0.1, 0.15) is 0 Å². The van der Waals surface area contributed by atoms with Gasteiger partial charge in [0.25, 0.3) is 0 Å². The molecule has 1 aliphatic rings. The number of sulfonamides is 1. The molecule has 0 aromatic heterocycles. The lowest BCUT2D eigenvalue weighted by Crippen LogP contribution is -2.30. The Kier molecular flexibility index (Phi) is 5.24. The highest BCUT2D eigenvalue weighted by atomic mass is 32.2. The topological polar surface area (TPSA) is 61.4 Å². The maximum Gasteiger partial charge on any atom is 0.240 e. The third kappa shape index (κ3) is 4.18. The van der Waals surface area contributed by atoms with E-state index in [4.69, 9.17) is 0 Å². The zero-order valence-electron chi connectivity index (χ0n) is 13.0. The monoisotopic (exact) mass is 311 g/mol. The van der Waals surface area contributed by atoms with Crippen LogP contribution < -0.4 is 14.9 Å². The molecule has 1 fully saturated rings.